The second-order valence-corrected chi connectivity index (χ2v) is 5.65. The van der Waals surface area contributed by atoms with Crippen molar-refractivity contribution in [3.05, 3.63) is 64.2 Å². The number of rotatable bonds is 3. The monoisotopic (exact) mass is 337 g/mol. The first-order valence-corrected chi connectivity index (χ1v) is 7.40. The molecule has 1 heterocycles. The molecule has 0 fully saturated rings. The maximum Gasteiger partial charge on any atom is 0.261 e. The summed E-state index contributed by atoms with van der Waals surface area (Å²) in [5.74, 6) is -2.73. The van der Waals surface area contributed by atoms with Crippen LogP contribution in [0.2, 0.25) is 0 Å². The van der Waals surface area contributed by atoms with Gasteiger partial charge in [0.1, 0.15) is 0 Å². The summed E-state index contributed by atoms with van der Waals surface area (Å²) >= 11 is 0. The molecule has 1 aliphatic rings. The normalized spacial score (nSPS) is 13.0. The molecule has 2 aromatic carbocycles. The van der Waals surface area contributed by atoms with Crippen LogP contribution in [0.5, 0.6) is 0 Å². The minimum absolute atomic E-state index is 0.0193. The van der Waals surface area contributed by atoms with Crippen LogP contribution in [0.15, 0.2) is 36.4 Å². The molecule has 2 aromatic rings. The molecule has 0 atom stereocenters. The van der Waals surface area contributed by atoms with Crippen LogP contribution >= 0.6 is 0 Å². The molecule has 7 heteroatoms. The Morgan fingerprint density at radius 2 is 1.72 bits per heavy atom. The Balaban J connectivity index is 1.92. The third-order valence-corrected chi connectivity index (χ3v) is 4.15. The summed E-state index contributed by atoms with van der Waals surface area (Å²) in [6, 6.07) is 8.67. The zero-order valence-electron chi connectivity index (χ0n) is 13.5. The molecular formula is C18H13N2O5-. The molecule has 1 aliphatic heterocycles. The van der Waals surface area contributed by atoms with Gasteiger partial charge >= 0.3 is 0 Å². The summed E-state index contributed by atoms with van der Waals surface area (Å²) in [6.07, 6.45) is 0. The van der Waals surface area contributed by atoms with Crippen molar-refractivity contribution in [3.8, 4) is 0 Å². The predicted molar refractivity (Wildman–Crippen MR) is 86.3 cm³/mol. The van der Waals surface area contributed by atoms with Crippen molar-refractivity contribution in [3.63, 3.8) is 0 Å². The summed E-state index contributed by atoms with van der Waals surface area (Å²) in [5.41, 5.74) is 1.27. The lowest BCUT2D eigenvalue weighted by Gasteiger charge is -2.13. The summed E-state index contributed by atoms with van der Waals surface area (Å²) in [6.45, 7) is 1.56. The predicted octanol–water partition coefficient (Wildman–Crippen LogP) is 0.837. The van der Waals surface area contributed by atoms with E-state index in [1.807, 2.05) is 0 Å². The Hall–Kier alpha value is -3.48. The van der Waals surface area contributed by atoms with E-state index in [-0.39, 0.29) is 22.3 Å². The number of anilines is 1. The fraction of sp³-hybridized carbons (Fsp3) is 0.111. The van der Waals surface area contributed by atoms with Gasteiger partial charge in [-0.1, -0.05) is 12.1 Å². The molecule has 7 nitrogen and oxygen atoms in total. The van der Waals surface area contributed by atoms with E-state index >= 15 is 0 Å². The van der Waals surface area contributed by atoms with Crippen LogP contribution in [-0.4, -0.2) is 35.6 Å². The fourth-order valence-electron chi connectivity index (χ4n) is 2.69. The van der Waals surface area contributed by atoms with Crippen LogP contribution in [0, 0.1) is 6.92 Å². The van der Waals surface area contributed by atoms with Crippen molar-refractivity contribution >= 4 is 29.4 Å². The van der Waals surface area contributed by atoms with Crippen molar-refractivity contribution in [1.82, 2.24) is 4.90 Å². The molecule has 126 valence electrons. The topological polar surface area (TPSA) is 107 Å². The van der Waals surface area contributed by atoms with E-state index in [1.54, 1.807) is 13.0 Å². The number of hydrogen-bond acceptors (Lipinski definition) is 5. The van der Waals surface area contributed by atoms with Gasteiger partial charge in [0.15, 0.2) is 0 Å². The second-order valence-electron chi connectivity index (χ2n) is 5.65. The number of carboxylic acid groups (broad SMARTS) is 1. The third-order valence-electron chi connectivity index (χ3n) is 4.15. The van der Waals surface area contributed by atoms with Crippen molar-refractivity contribution in [2.75, 3.05) is 12.4 Å². The number of aromatic carboxylic acids is 1. The molecule has 0 saturated carbocycles. The molecule has 0 spiro atoms. The maximum atomic E-state index is 12.4. The number of benzene rings is 2. The number of carboxylic acids is 1. The van der Waals surface area contributed by atoms with Gasteiger partial charge < -0.3 is 15.2 Å². The van der Waals surface area contributed by atoms with E-state index < -0.39 is 23.7 Å². The van der Waals surface area contributed by atoms with Gasteiger partial charge in [-0.2, -0.15) is 0 Å². The number of fused-ring (bicyclic) bond motifs is 1. The largest absolute Gasteiger partial charge is 0.545 e. The Morgan fingerprint density at radius 3 is 2.40 bits per heavy atom. The Morgan fingerprint density at radius 1 is 1.04 bits per heavy atom. The third kappa shape index (κ3) is 2.65. The number of nitrogens with one attached hydrogen (secondary N) is 1. The molecule has 0 saturated heterocycles. The molecule has 3 amide bonds. The van der Waals surface area contributed by atoms with Crippen LogP contribution in [0.4, 0.5) is 5.69 Å². The molecule has 0 aliphatic carbocycles. The molecule has 3 rings (SSSR count). The molecule has 0 radical (unpaired) electrons. The highest BCUT2D eigenvalue weighted by molar-refractivity contribution is 6.22. The Labute approximate surface area is 142 Å². The summed E-state index contributed by atoms with van der Waals surface area (Å²) in [4.78, 5) is 48.4. The van der Waals surface area contributed by atoms with E-state index in [0.717, 1.165) is 4.90 Å². The summed E-state index contributed by atoms with van der Waals surface area (Å²) in [5, 5.41) is 13.7. The van der Waals surface area contributed by atoms with E-state index in [9.17, 15) is 24.3 Å². The van der Waals surface area contributed by atoms with Gasteiger partial charge in [0.25, 0.3) is 17.7 Å². The first-order chi connectivity index (χ1) is 11.8. The van der Waals surface area contributed by atoms with Crippen molar-refractivity contribution in [2.45, 2.75) is 6.92 Å². The summed E-state index contributed by atoms with van der Waals surface area (Å²) in [7, 11) is 1.37. The van der Waals surface area contributed by atoms with Gasteiger partial charge in [-0.15, -0.1) is 0 Å². The zero-order chi connectivity index (χ0) is 18.3. The highest BCUT2D eigenvalue weighted by atomic mass is 16.4. The number of nitrogens with zero attached hydrogens (tertiary/aromatic N) is 1. The van der Waals surface area contributed by atoms with Gasteiger partial charge in [0.2, 0.25) is 0 Å². The minimum Gasteiger partial charge on any atom is -0.545 e. The standard InChI is InChI=1S/C18H14N2O5/c1-9-11(18(24)25)4-3-5-14(9)19-15(21)10-6-7-12-13(8-10)17(23)20(2)16(12)22/h3-8H,1-2H3,(H,19,21)(H,24,25)/p-1. The van der Waals surface area contributed by atoms with Crippen molar-refractivity contribution in [1.29, 1.82) is 0 Å². The van der Waals surface area contributed by atoms with Gasteiger partial charge in [0.05, 0.1) is 17.1 Å². The maximum absolute atomic E-state index is 12.4. The number of imide groups is 1. The van der Waals surface area contributed by atoms with Crippen LogP contribution in [0.1, 0.15) is 47.0 Å². The van der Waals surface area contributed by atoms with E-state index in [2.05, 4.69) is 5.32 Å². The lowest BCUT2D eigenvalue weighted by Crippen LogP contribution is -2.24. The first kappa shape index (κ1) is 16.4. The second kappa shape index (κ2) is 5.86. The first-order valence-electron chi connectivity index (χ1n) is 7.40. The van der Waals surface area contributed by atoms with E-state index in [0.29, 0.717) is 11.3 Å². The lowest BCUT2D eigenvalue weighted by molar-refractivity contribution is -0.255. The van der Waals surface area contributed by atoms with Gasteiger partial charge in [0, 0.05) is 23.9 Å². The van der Waals surface area contributed by atoms with Gasteiger partial charge in [-0.25, -0.2) is 0 Å². The molecule has 0 aromatic heterocycles. The minimum atomic E-state index is -1.33. The van der Waals surface area contributed by atoms with E-state index in [1.165, 1.54) is 37.4 Å². The van der Waals surface area contributed by atoms with Crippen molar-refractivity contribution < 1.29 is 24.3 Å². The van der Waals surface area contributed by atoms with Crippen LogP contribution in [-0.2, 0) is 0 Å². The SMILES string of the molecule is Cc1c(NC(=O)c2ccc3c(c2)C(=O)N(C)C3=O)cccc1C(=O)[O-]. The van der Waals surface area contributed by atoms with E-state index in [4.69, 9.17) is 0 Å². The Bertz CT molecular complexity index is 948. The number of carbonyl (C=O) groups is 4. The molecule has 25 heavy (non-hydrogen) atoms. The number of carbonyl (C=O) groups excluding carboxylic acids is 4. The number of hydrogen-bond donors (Lipinski definition) is 1. The smallest absolute Gasteiger partial charge is 0.261 e. The van der Waals surface area contributed by atoms with Gasteiger partial charge in [-0.3, -0.25) is 19.3 Å². The molecule has 0 unspecified atom stereocenters. The van der Waals surface area contributed by atoms with Gasteiger partial charge in [-0.05, 0) is 36.8 Å². The van der Waals surface area contributed by atoms with Crippen LogP contribution in [0.3, 0.4) is 0 Å². The fourth-order valence-corrected chi connectivity index (χ4v) is 2.69. The molecular weight excluding hydrogens is 324 g/mol. The number of amides is 3. The van der Waals surface area contributed by atoms with Crippen LogP contribution < -0.4 is 10.4 Å². The average molecular weight is 337 g/mol. The Kier molecular flexibility index (Phi) is 3.84. The highest BCUT2D eigenvalue weighted by Crippen LogP contribution is 2.24. The van der Waals surface area contributed by atoms with Crippen LogP contribution in [0.25, 0.3) is 0 Å². The highest BCUT2D eigenvalue weighted by Gasteiger charge is 2.33. The summed E-state index contributed by atoms with van der Waals surface area (Å²) < 4.78 is 0. The van der Waals surface area contributed by atoms with Crippen molar-refractivity contribution in [2.24, 2.45) is 0 Å². The quantitative estimate of drug-likeness (QED) is 0.835. The lowest BCUT2D eigenvalue weighted by atomic mass is 10.0. The zero-order valence-corrected chi connectivity index (χ0v) is 13.5. The molecule has 1 N–H and O–H groups in total. The average Bonchev–Trinajstić information content (AvgIpc) is 2.80. The molecule has 0 bridgehead atoms.